The highest BCUT2D eigenvalue weighted by Gasteiger charge is 2.38. The minimum absolute atomic E-state index is 0.150. The number of carboxylic acid groups (broad SMARTS) is 1. The molecule has 28 heavy (non-hydrogen) atoms. The molecular weight excluding hydrogens is 365 g/mol. The first kappa shape index (κ1) is 20.1. The van der Waals surface area contributed by atoms with Crippen molar-refractivity contribution in [1.82, 2.24) is 5.32 Å². The monoisotopic (exact) mass is 389 g/mol. The number of amides is 1. The lowest BCUT2D eigenvalue weighted by atomic mass is 10.0. The third-order valence-corrected chi connectivity index (χ3v) is 4.48. The molecule has 3 rings (SSSR count). The third kappa shape index (κ3) is 5.43. The summed E-state index contributed by atoms with van der Waals surface area (Å²) >= 11 is 0. The van der Waals surface area contributed by atoms with Crippen molar-refractivity contribution >= 4 is 6.09 Å². The van der Waals surface area contributed by atoms with Gasteiger partial charge in [-0.2, -0.15) is 0 Å². The predicted molar refractivity (Wildman–Crippen MR) is 101 cm³/mol. The van der Waals surface area contributed by atoms with E-state index in [2.05, 4.69) is 5.32 Å². The van der Waals surface area contributed by atoms with Gasteiger partial charge in [0.2, 0.25) is 0 Å². The summed E-state index contributed by atoms with van der Waals surface area (Å²) in [5, 5.41) is 11.6. The topological polar surface area (TPSA) is 77.0 Å². The molecule has 2 N–H and O–H groups in total. The maximum atomic E-state index is 14.4. The lowest BCUT2D eigenvalue weighted by molar-refractivity contribution is -0.141. The van der Waals surface area contributed by atoms with Gasteiger partial charge >= 0.3 is 6.09 Å². The molecule has 1 fully saturated rings. The average molecular weight is 389 g/mol. The molecule has 2 aromatic rings. The van der Waals surface area contributed by atoms with E-state index in [4.69, 9.17) is 19.3 Å². The Bertz CT molecular complexity index is 812. The summed E-state index contributed by atoms with van der Waals surface area (Å²) in [4.78, 5) is 11.2. The summed E-state index contributed by atoms with van der Waals surface area (Å²) in [7, 11) is 0. The van der Waals surface area contributed by atoms with Gasteiger partial charge in [0.15, 0.2) is 17.4 Å². The van der Waals surface area contributed by atoms with Gasteiger partial charge < -0.3 is 24.6 Å². The normalized spacial score (nSPS) is 19.2. The molecule has 1 heterocycles. The summed E-state index contributed by atoms with van der Waals surface area (Å²) in [5.41, 5.74) is 1.58. The fraction of sp³-hybridized carbons (Fsp3) is 0.381. The first-order valence-electron chi connectivity index (χ1n) is 9.09. The summed E-state index contributed by atoms with van der Waals surface area (Å²) < 4.78 is 31.3. The molecule has 0 unspecified atom stereocenters. The van der Waals surface area contributed by atoms with E-state index < -0.39 is 29.8 Å². The molecule has 1 saturated heterocycles. The second-order valence-electron chi connectivity index (χ2n) is 7.17. The van der Waals surface area contributed by atoms with Gasteiger partial charge in [0, 0.05) is 0 Å². The van der Waals surface area contributed by atoms with E-state index in [1.54, 1.807) is 26.0 Å². The molecule has 0 saturated carbocycles. The SMILES string of the molecule is CC1(C)OC[C@H]([C@H](Cc2ccc(OCc3ccccc3)c(F)c2)NC(=O)O)O1. The van der Waals surface area contributed by atoms with Crippen LogP contribution in [0, 0.1) is 5.82 Å². The van der Waals surface area contributed by atoms with E-state index in [0.717, 1.165) is 5.56 Å². The van der Waals surface area contributed by atoms with Crippen molar-refractivity contribution < 1.29 is 28.5 Å². The Labute approximate surface area is 163 Å². The molecule has 0 aliphatic carbocycles. The molecule has 150 valence electrons. The quantitative estimate of drug-likeness (QED) is 0.755. The summed E-state index contributed by atoms with van der Waals surface area (Å²) in [6, 6.07) is 13.6. The maximum Gasteiger partial charge on any atom is 0.404 e. The Morgan fingerprint density at radius 2 is 2.04 bits per heavy atom. The fourth-order valence-electron chi connectivity index (χ4n) is 3.13. The van der Waals surface area contributed by atoms with E-state index in [-0.39, 0.29) is 25.4 Å². The number of rotatable bonds is 7. The van der Waals surface area contributed by atoms with Crippen molar-refractivity contribution in [1.29, 1.82) is 0 Å². The van der Waals surface area contributed by atoms with Gasteiger partial charge in [0.05, 0.1) is 12.6 Å². The van der Waals surface area contributed by atoms with Crippen LogP contribution in [0.5, 0.6) is 5.75 Å². The minimum atomic E-state index is -1.17. The highest BCUT2D eigenvalue weighted by molar-refractivity contribution is 5.65. The number of hydrogen-bond acceptors (Lipinski definition) is 4. The molecule has 0 spiro atoms. The largest absolute Gasteiger partial charge is 0.486 e. The number of carbonyl (C=O) groups is 1. The van der Waals surface area contributed by atoms with Crippen LogP contribution in [-0.2, 0) is 22.5 Å². The van der Waals surface area contributed by atoms with Crippen LogP contribution in [0.4, 0.5) is 9.18 Å². The molecule has 0 bridgehead atoms. The molecule has 0 radical (unpaired) electrons. The number of nitrogens with one attached hydrogen (secondary N) is 1. The van der Waals surface area contributed by atoms with Gasteiger partial charge in [-0.15, -0.1) is 0 Å². The average Bonchev–Trinajstić information content (AvgIpc) is 3.01. The van der Waals surface area contributed by atoms with Crippen molar-refractivity contribution in [2.75, 3.05) is 6.61 Å². The molecule has 1 aliphatic rings. The molecular formula is C21H24FNO5. The molecule has 1 amide bonds. The van der Waals surface area contributed by atoms with Gasteiger partial charge in [0.25, 0.3) is 0 Å². The van der Waals surface area contributed by atoms with E-state index in [1.807, 2.05) is 30.3 Å². The highest BCUT2D eigenvalue weighted by Crippen LogP contribution is 2.26. The van der Waals surface area contributed by atoms with Gasteiger partial charge in [-0.05, 0) is 43.5 Å². The zero-order valence-electron chi connectivity index (χ0n) is 15.9. The molecule has 7 heteroatoms. The van der Waals surface area contributed by atoms with Crippen LogP contribution in [0.15, 0.2) is 48.5 Å². The van der Waals surface area contributed by atoms with E-state index >= 15 is 0 Å². The van der Waals surface area contributed by atoms with Crippen LogP contribution in [0.3, 0.4) is 0 Å². The van der Waals surface area contributed by atoms with Crippen LogP contribution < -0.4 is 10.1 Å². The Kier molecular flexibility index (Phi) is 6.16. The van der Waals surface area contributed by atoms with E-state index in [1.165, 1.54) is 6.07 Å². The zero-order chi connectivity index (χ0) is 20.1. The number of benzene rings is 2. The third-order valence-electron chi connectivity index (χ3n) is 4.48. The van der Waals surface area contributed by atoms with Crippen molar-refractivity contribution in [3.8, 4) is 5.75 Å². The summed E-state index contributed by atoms with van der Waals surface area (Å²) in [6.07, 6.45) is -1.35. The minimum Gasteiger partial charge on any atom is -0.486 e. The first-order valence-corrected chi connectivity index (χ1v) is 9.09. The summed E-state index contributed by atoms with van der Waals surface area (Å²) in [5.74, 6) is -1.12. The van der Waals surface area contributed by atoms with Crippen molar-refractivity contribution in [3.63, 3.8) is 0 Å². The first-order chi connectivity index (χ1) is 13.3. The lowest BCUT2D eigenvalue weighted by Gasteiger charge is -2.24. The van der Waals surface area contributed by atoms with E-state index in [9.17, 15) is 9.18 Å². The lowest BCUT2D eigenvalue weighted by Crippen LogP contribution is -2.46. The van der Waals surface area contributed by atoms with Crippen molar-refractivity contribution in [3.05, 3.63) is 65.5 Å². The van der Waals surface area contributed by atoms with Gasteiger partial charge in [-0.3, -0.25) is 0 Å². The van der Waals surface area contributed by atoms with Crippen LogP contribution in [0.1, 0.15) is 25.0 Å². The summed E-state index contributed by atoms with van der Waals surface area (Å²) in [6.45, 7) is 4.06. The molecule has 0 aromatic heterocycles. The molecule has 1 aliphatic heterocycles. The molecule has 2 atom stereocenters. The van der Waals surface area contributed by atoms with Crippen molar-refractivity contribution in [2.45, 2.75) is 44.8 Å². The molecule has 2 aromatic carbocycles. The fourth-order valence-corrected chi connectivity index (χ4v) is 3.13. The van der Waals surface area contributed by atoms with Gasteiger partial charge in [-0.1, -0.05) is 36.4 Å². The Morgan fingerprint density at radius 1 is 1.29 bits per heavy atom. The van der Waals surface area contributed by atoms with Crippen LogP contribution >= 0.6 is 0 Å². The maximum absolute atomic E-state index is 14.4. The zero-order valence-corrected chi connectivity index (χ0v) is 15.9. The Hall–Kier alpha value is -2.64. The number of ether oxygens (including phenoxy) is 3. The second-order valence-corrected chi connectivity index (χ2v) is 7.17. The standard InChI is InChI=1S/C21H24FNO5/c1-21(2)27-13-19(28-21)17(23-20(24)25)11-15-8-9-18(16(22)10-15)26-12-14-6-4-3-5-7-14/h3-10,17,19,23H,11-13H2,1-2H3,(H,24,25)/t17-,19+/m0/s1. The Balaban J connectivity index is 1.66. The van der Waals surface area contributed by atoms with E-state index in [0.29, 0.717) is 5.56 Å². The van der Waals surface area contributed by atoms with Crippen molar-refractivity contribution in [2.24, 2.45) is 0 Å². The number of halogens is 1. The Morgan fingerprint density at radius 3 is 2.64 bits per heavy atom. The molecule has 6 nitrogen and oxygen atoms in total. The van der Waals surface area contributed by atoms with Crippen LogP contribution in [-0.4, -0.2) is 35.7 Å². The predicted octanol–water partition coefficient (Wildman–Crippen LogP) is 3.73. The van der Waals surface area contributed by atoms with Gasteiger partial charge in [0.1, 0.15) is 12.7 Å². The van der Waals surface area contributed by atoms with Crippen LogP contribution in [0.2, 0.25) is 0 Å². The highest BCUT2D eigenvalue weighted by atomic mass is 19.1. The van der Waals surface area contributed by atoms with Crippen LogP contribution in [0.25, 0.3) is 0 Å². The number of hydrogen-bond donors (Lipinski definition) is 2. The van der Waals surface area contributed by atoms with Gasteiger partial charge in [-0.25, -0.2) is 9.18 Å². The smallest absolute Gasteiger partial charge is 0.404 e. The second kappa shape index (κ2) is 8.58.